The number of fused-ring (bicyclic) bond motifs is 3. The molecule has 3 aliphatic heterocycles. The van der Waals surface area contributed by atoms with Crippen LogP contribution < -0.4 is 4.90 Å². The van der Waals surface area contributed by atoms with E-state index in [0.717, 1.165) is 85.7 Å². The first-order chi connectivity index (χ1) is 15.6. The maximum atomic E-state index is 13.7. The van der Waals surface area contributed by atoms with E-state index in [-0.39, 0.29) is 5.91 Å². The second-order valence-corrected chi connectivity index (χ2v) is 9.27. The molecule has 1 aromatic heterocycles. The molecule has 0 saturated carbocycles. The fraction of sp³-hybridized carbons (Fsp3) is 0.542. The summed E-state index contributed by atoms with van der Waals surface area (Å²) in [6.45, 7) is 8.34. The SMILES string of the molecule is CCN1C(=O)c2c(nc(CC3CCOCC3)n2Cc2ccc(C)c(Cl)c2)N2CCCN=C12. The first-order valence-corrected chi connectivity index (χ1v) is 12.0. The van der Waals surface area contributed by atoms with Crippen LogP contribution in [0, 0.1) is 12.8 Å². The summed E-state index contributed by atoms with van der Waals surface area (Å²) in [5.41, 5.74) is 2.79. The molecule has 0 radical (unpaired) electrons. The lowest BCUT2D eigenvalue weighted by molar-refractivity contribution is 0.0656. The average Bonchev–Trinajstić information content (AvgIpc) is 3.15. The van der Waals surface area contributed by atoms with Gasteiger partial charge in [0, 0.05) is 50.8 Å². The highest BCUT2D eigenvalue weighted by atomic mass is 35.5. The van der Waals surface area contributed by atoms with E-state index in [0.29, 0.717) is 24.7 Å². The Morgan fingerprint density at radius 2 is 2.06 bits per heavy atom. The summed E-state index contributed by atoms with van der Waals surface area (Å²) < 4.78 is 7.69. The first kappa shape index (κ1) is 21.5. The Balaban J connectivity index is 1.60. The molecule has 5 rings (SSSR count). The van der Waals surface area contributed by atoms with Crippen molar-refractivity contribution in [3.05, 3.63) is 45.9 Å². The highest BCUT2D eigenvalue weighted by molar-refractivity contribution is 6.31. The van der Waals surface area contributed by atoms with Crippen LogP contribution in [-0.2, 0) is 17.7 Å². The van der Waals surface area contributed by atoms with Gasteiger partial charge < -0.3 is 9.30 Å². The molecule has 0 spiro atoms. The van der Waals surface area contributed by atoms with Crippen molar-refractivity contribution >= 4 is 29.3 Å². The van der Waals surface area contributed by atoms with Crippen molar-refractivity contribution in [2.75, 3.05) is 37.7 Å². The largest absolute Gasteiger partial charge is 0.381 e. The van der Waals surface area contributed by atoms with E-state index in [9.17, 15) is 4.79 Å². The summed E-state index contributed by atoms with van der Waals surface area (Å²) in [6.07, 6.45) is 3.86. The predicted molar refractivity (Wildman–Crippen MR) is 126 cm³/mol. The molecule has 1 fully saturated rings. The third kappa shape index (κ3) is 3.82. The summed E-state index contributed by atoms with van der Waals surface area (Å²) in [5.74, 6) is 2.98. The van der Waals surface area contributed by atoms with E-state index in [1.54, 1.807) is 4.90 Å². The molecule has 0 aliphatic carbocycles. The molecule has 2 aromatic rings. The lowest BCUT2D eigenvalue weighted by Gasteiger charge is -2.38. The quantitative estimate of drug-likeness (QED) is 0.685. The second kappa shape index (κ2) is 8.87. The molecule has 1 saturated heterocycles. The minimum absolute atomic E-state index is 0.0108. The normalized spacial score (nSPS) is 19.1. The van der Waals surface area contributed by atoms with Crippen molar-refractivity contribution in [3.63, 3.8) is 0 Å². The Hall–Kier alpha value is -2.38. The van der Waals surface area contributed by atoms with Crippen LogP contribution >= 0.6 is 11.6 Å². The number of aliphatic imine (C=N–C) groups is 1. The number of imidazole rings is 1. The lowest BCUT2D eigenvalue weighted by atomic mass is 9.96. The number of hydrogen-bond donors (Lipinski definition) is 0. The average molecular weight is 456 g/mol. The van der Waals surface area contributed by atoms with E-state index in [2.05, 4.69) is 20.5 Å². The fourth-order valence-electron chi connectivity index (χ4n) is 4.87. The van der Waals surface area contributed by atoms with Gasteiger partial charge in [0.15, 0.2) is 11.5 Å². The Labute approximate surface area is 194 Å². The third-order valence-corrected chi connectivity index (χ3v) is 7.12. The zero-order chi connectivity index (χ0) is 22.2. The van der Waals surface area contributed by atoms with Crippen LogP contribution in [0.15, 0.2) is 23.2 Å². The molecule has 4 heterocycles. The Morgan fingerprint density at radius 1 is 1.25 bits per heavy atom. The Bertz CT molecular complexity index is 1060. The van der Waals surface area contributed by atoms with Crippen LogP contribution in [0.5, 0.6) is 0 Å². The number of ether oxygens (including phenoxy) is 1. The molecule has 32 heavy (non-hydrogen) atoms. The van der Waals surface area contributed by atoms with E-state index < -0.39 is 0 Å². The molecular formula is C24H30ClN5O2. The zero-order valence-electron chi connectivity index (χ0n) is 18.8. The molecule has 8 heteroatoms. The summed E-state index contributed by atoms with van der Waals surface area (Å²) >= 11 is 6.42. The molecule has 0 N–H and O–H groups in total. The van der Waals surface area contributed by atoms with Crippen molar-refractivity contribution in [1.82, 2.24) is 14.5 Å². The van der Waals surface area contributed by atoms with Crippen LogP contribution in [0.4, 0.5) is 5.82 Å². The molecule has 0 unspecified atom stereocenters. The Kier molecular flexibility index (Phi) is 5.95. The van der Waals surface area contributed by atoms with Gasteiger partial charge in [-0.1, -0.05) is 23.7 Å². The summed E-state index contributed by atoms with van der Waals surface area (Å²) in [4.78, 5) is 27.3. The number of halogens is 1. The van der Waals surface area contributed by atoms with Crippen molar-refractivity contribution in [1.29, 1.82) is 0 Å². The van der Waals surface area contributed by atoms with Crippen molar-refractivity contribution in [2.45, 2.75) is 46.1 Å². The Morgan fingerprint density at radius 3 is 2.81 bits per heavy atom. The smallest absolute Gasteiger partial charge is 0.281 e. The summed E-state index contributed by atoms with van der Waals surface area (Å²) in [6, 6.07) is 6.12. The molecule has 170 valence electrons. The topological polar surface area (TPSA) is 63.0 Å². The van der Waals surface area contributed by atoms with Gasteiger partial charge in [-0.3, -0.25) is 19.6 Å². The predicted octanol–water partition coefficient (Wildman–Crippen LogP) is 3.90. The number of benzene rings is 1. The molecule has 0 atom stereocenters. The molecule has 1 amide bonds. The monoisotopic (exact) mass is 455 g/mol. The number of aromatic nitrogens is 2. The maximum absolute atomic E-state index is 13.7. The van der Waals surface area contributed by atoms with Gasteiger partial charge in [0.25, 0.3) is 5.91 Å². The number of rotatable bonds is 5. The summed E-state index contributed by atoms with van der Waals surface area (Å²) in [5, 5.41) is 0.745. The van der Waals surface area contributed by atoms with Crippen LogP contribution in [-0.4, -0.2) is 59.2 Å². The van der Waals surface area contributed by atoms with Gasteiger partial charge in [0.1, 0.15) is 5.82 Å². The second-order valence-electron chi connectivity index (χ2n) is 8.87. The zero-order valence-corrected chi connectivity index (χ0v) is 19.6. The van der Waals surface area contributed by atoms with Gasteiger partial charge in [0.05, 0.1) is 0 Å². The van der Waals surface area contributed by atoms with Gasteiger partial charge >= 0.3 is 0 Å². The van der Waals surface area contributed by atoms with Gasteiger partial charge in [-0.2, -0.15) is 0 Å². The van der Waals surface area contributed by atoms with Gasteiger partial charge in [0.2, 0.25) is 5.96 Å². The number of nitrogens with zero attached hydrogens (tertiary/aromatic N) is 5. The highest BCUT2D eigenvalue weighted by Gasteiger charge is 2.40. The number of carbonyl (C=O) groups excluding carboxylic acids is 1. The maximum Gasteiger partial charge on any atom is 0.281 e. The van der Waals surface area contributed by atoms with Crippen molar-refractivity contribution < 1.29 is 9.53 Å². The molecule has 7 nitrogen and oxygen atoms in total. The molecule has 1 aromatic carbocycles. The van der Waals surface area contributed by atoms with Gasteiger partial charge in [-0.05, 0) is 56.2 Å². The summed E-state index contributed by atoms with van der Waals surface area (Å²) in [7, 11) is 0. The number of guanidine groups is 1. The minimum Gasteiger partial charge on any atom is -0.381 e. The number of amides is 1. The highest BCUT2D eigenvalue weighted by Crippen LogP contribution is 2.33. The van der Waals surface area contributed by atoms with Crippen LogP contribution in [0.25, 0.3) is 0 Å². The standard InChI is InChI=1S/C24H30ClN5O2/c1-3-28-23(31)21-22(29-10-4-9-26-24(28)29)27-20(14-17-7-11-32-12-8-17)30(21)15-18-6-5-16(2)19(25)13-18/h5-6,13,17H,3-4,7-12,14-15H2,1-2H3. The number of anilines is 1. The van der Waals surface area contributed by atoms with E-state index in [1.165, 1.54) is 0 Å². The number of hydrogen-bond acceptors (Lipinski definition) is 5. The van der Waals surface area contributed by atoms with Gasteiger partial charge in [-0.15, -0.1) is 0 Å². The van der Waals surface area contributed by atoms with Crippen LogP contribution in [0.1, 0.15) is 53.6 Å². The molecule has 3 aliphatic rings. The van der Waals surface area contributed by atoms with E-state index >= 15 is 0 Å². The molecular weight excluding hydrogens is 426 g/mol. The fourth-order valence-corrected chi connectivity index (χ4v) is 5.07. The third-order valence-electron chi connectivity index (χ3n) is 6.71. The van der Waals surface area contributed by atoms with Crippen LogP contribution in [0.3, 0.4) is 0 Å². The minimum atomic E-state index is -0.0108. The lowest BCUT2D eigenvalue weighted by Crippen LogP contribution is -2.54. The van der Waals surface area contributed by atoms with E-state index in [1.807, 2.05) is 26.0 Å². The van der Waals surface area contributed by atoms with Gasteiger partial charge in [-0.25, -0.2) is 4.98 Å². The first-order valence-electron chi connectivity index (χ1n) is 11.6. The number of aryl methyl sites for hydroxylation is 1. The van der Waals surface area contributed by atoms with Crippen molar-refractivity contribution in [3.8, 4) is 0 Å². The molecule has 0 bridgehead atoms. The van der Waals surface area contributed by atoms with Crippen molar-refractivity contribution in [2.24, 2.45) is 10.9 Å². The number of carbonyl (C=O) groups is 1. The van der Waals surface area contributed by atoms with Crippen LogP contribution in [0.2, 0.25) is 5.02 Å². The van der Waals surface area contributed by atoms with E-state index in [4.69, 9.17) is 21.3 Å².